The summed E-state index contributed by atoms with van der Waals surface area (Å²) in [5.41, 5.74) is -0.729. The monoisotopic (exact) mass is 358 g/mol. The second kappa shape index (κ2) is 7.52. The molecule has 0 fully saturated rings. The first-order valence-corrected chi connectivity index (χ1v) is 8.63. The number of ether oxygens (including phenoxy) is 2. The summed E-state index contributed by atoms with van der Waals surface area (Å²) in [5.74, 6) is -0.547. The molecule has 9 heteroatoms. The van der Waals surface area contributed by atoms with Crippen molar-refractivity contribution in [2.75, 3.05) is 7.11 Å². The first kappa shape index (κ1) is 19.8. The van der Waals surface area contributed by atoms with E-state index in [-0.39, 0.29) is 4.90 Å². The maximum absolute atomic E-state index is 12.2. The Bertz CT molecular complexity index is 709. The molecule has 1 aromatic carbocycles. The summed E-state index contributed by atoms with van der Waals surface area (Å²) in [6.07, 6.45) is -0.816. The molecule has 24 heavy (non-hydrogen) atoms. The maximum Gasteiger partial charge on any atom is 0.408 e. The number of methoxy groups -OCH3 is 1. The van der Waals surface area contributed by atoms with Crippen LogP contribution in [0.1, 0.15) is 27.7 Å². The minimum Gasteiger partial charge on any atom is -0.497 e. The summed E-state index contributed by atoms with van der Waals surface area (Å²) in [6, 6.07) is 4.57. The van der Waals surface area contributed by atoms with Crippen LogP contribution in [-0.4, -0.2) is 39.2 Å². The van der Waals surface area contributed by atoms with Crippen LogP contribution in [-0.2, 0) is 19.6 Å². The highest BCUT2D eigenvalue weighted by Crippen LogP contribution is 2.16. The predicted octanol–water partition coefficient (Wildman–Crippen LogP) is 1.41. The van der Waals surface area contributed by atoms with E-state index < -0.39 is 33.7 Å². The molecular formula is C15H22N2O6S. The lowest BCUT2D eigenvalue weighted by atomic mass is 10.2. The molecule has 0 bridgehead atoms. The quantitative estimate of drug-likeness (QED) is 0.823. The van der Waals surface area contributed by atoms with Gasteiger partial charge in [0.25, 0.3) is 15.9 Å². The fraction of sp³-hybridized carbons (Fsp3) is 0.467. The highest BCUT2D eigenvalue weighted by molar-refractivity contribution is 7.90. The largest absolute Gasteiger partial charge is 0.497 e. The molecule has 134 valence electrons. The number of alkyl carbamates (subject to hydrolysis) is 1. The molecule has 0 aliphatic rings. The van der Waals surface area contributed by atoms with E-state index in [4.69, 9.17) is 9.47 Å². The Labute approximate surface area is 141 Å². The Morgan fingerprint density at radius 2 is 1.83 bits per heavy atom. The van der Waals surface area contributed by atoms with Gasteiger partial charge in [-0.1, -0.05) is 6.07 Å². The lowest BCUT2D eigenvalue weighted by molar-refractivity contribution is -0.121. The van der Waals surface area contributed by atoms with Crippen LogP contribution in [0.5, 0.6) is 5.75 Å². The molecule has 2 amide bonds. The van der Waals surface area contributed by atoms with Gasteiger partial charge in [-0.3, -0.25) is 4.79 Å². The molecule has 0 saturated carbocycles. The van der Waals surface area contributed by atoms with Gasteiger partial charge in [0.15, 0.2) is 0 Å². The molecule has 2 N–H and O–H groups in total. The normalized spacial score (nSPS) is 12.9. The van der Waals surface area contributed by atoms with E-state index in [2.05, 4.69) is 5.32 Å². The molecule has 0 aliphatic carbocycles. The number of carbonyl (C=O) groups is 2. The van der Waals surface area contributed by atoms with Gasteiger partial charge in [-0.2, -0.15) is 0 Å². The molecule has 1 unspecified atom stereocenters. The van der Waals surface area contributed by atoms with Gasteiger partial charge in [0.2, 0.25) is 0 Å². The number of nitrogens with one attached hydrogen (secondary N) is 2. The van der Waals surface area contributed by atoms with Crippen molar-refractivity contribution in [3.8, 4) is 5.75 Å². The molecule has 0 heterocycles. The molecule has 0 aliphatic heterocycles. The summed E-state index contributed by atoms with van der Waals surface area (Å²) in [6.45, 7) is 6.36. The summed E-state index contributed by atoms with van der Waals surface area (Å²) >= 11 is 0. The van der Waals surface area contributed by atoms with Crippen LogP contribution in [0.25, 0.3) is 0 Å². The molecule has 8 nitrogen and oxygen atoms in total. The topological polar surface area (TPSA) is 111 Å². The molecule has 1 aromatic rings. The molecule has 0 spiro atoms. The first-order valence-electron chi connectivity index (χ1n) is 7.15. The number of rotatable bonds is 5. The first-order chi connectivity index (χ1) is 10.9. The predicted molar refractivity (Wildman–Crippen MR) is 87.2 cm³/mol. The van der Waals surface area contributed by atoms with Crippen molar-refractivity contribution in [3.63, 3.8) is 0 Å². The average Bonchev–Trinajstić information content (AvgIpc) is 2.44. The standard InChI is InChI=1S/C15H22N2O6S/c1-10(16-14(19)23-15(2,3)4)13(18)17-24(20,21)12-8-6-7-11(9-12)22-5/h6-10H,1-5H3,(H,16,19)(H,17,18). The lowest BCUT2D eigenvalue weighted by Gasteiger charge is -2.21. The number of benzene rings is 1. The SMILES string of the molecule is COc1cccc(S(=O)(=O)NC(=O)C(C)NC(=O)OC(C)(C)C)c1. The smallest absolute Gasteiger partial charge is 0.408 e. The van der Waals surface area contributed by atoms with Gasteiger partial charge in [0, 0.05) is 6.07 Å². The van der Waals surface area contributed by atoms with E-state index in [0.717, 1.165) is 0 Å². The third-order valence-corrected chi connectivity index (χ3v) is 4.06. The van der Waals surface area contributed by atoms with Gasteiger partial charge in [-0.05, 0) is 39.8 Å². The van der Waals surface area contributed by atoms with Gasteiger partial charge < -0.3 is 14.8 Å². The number of sulfonamides is 1. The summed E-state index contributed by atoms with van der Waals surface area (Å²) < 4.78 is 36.3. The average molecular weight is 358 g/mol. The van der Waals surface area contributed by atoms with E-state index in [1.54, 1.807) is 26.8 Å². The molecule has 1 rings (SSSR count). The molecule has 0 saturated heterocycles. The summed E-state index contributed by atoms with van der Waals surface area (Å²) in [5, 5.41) is 2.27. The zero-order valence-corrected chi connectivity index (χ0v) is 15.1. The molecule has 0 aromatic heterocycles. The molecular weight excluding hydrogens is 336 g/mol. The minimum absolute atomic E-state index is 0.125. The van der Waals surface area contributed by atoms with Crippen LogP contribution >= 0.6 is 0 Å². The van der Waals surface area contributed by atoms with Gasteiger partial charge >= 0.3 is 6.09 Å². The second-order valence-corrected chi connectivity index (χ2v) is 7.70. The van der Waals surface area contributed by atoms with Crippen molar-refractivity contribution >= 4 is 22.0 Å². The Hall–Kier alpha value is -2.29. The van der Waals surface area contributed by atoms with Gasteiger partial charge in [-0.25, -0.2) is 17.9 Å². The Balaban J connectivity index is 2.76. The zero-order chi connectivity index (χ0) is 18.5. The second-order valence-electron chi connectivity index (χ2n) is 6.02. The highest BCUT2D eigenvalue weighted by atomic mass is 32.2. The summed E-state index contributed by atoms with van der Waals surface area (Å²) in [7, 11) is -2.68. The van der Waals surface area contributed by atoms with Crippen molar-refractivity contribution < 1.29 is 27.5 Å². The van der Waals surface area contributed by atoms with Crippen molar-refractivity contribution in [2.45, 2.75) is 44.2 Å². The van der Waals surface area contributed by atoms with E-state index in [1.807, 2.05) is 4.72 Å². The Morgan fingerprint density at radius 1 is 1.21 bits per heavy atom. The number of hydrogen-bond donors (Lipinski definition) is 2. The van der Waals surface area contributed by atoms with E-state index in [0.29, 0.717) is 5.75 Å². The Morgan fingerprint density at radius 3 is 2.38 bits per heavy atom. The van der Waals surface area contributed by atoms with E-state index in [9.17, 15) is 18.0 Å². The number of hydrogen-bond acceptors (Lipinski definition) is 6. The maximum atomic E-state index is 12.2. The third kappa shape index (κ3) is 6.07. The van der Waals surface area contributed by atoms with Crippen LogP contribution in [0.15, 0.2) is 29.2 Å². The fourth-order valence-corrected chi connectivity index (χ4v) is 2.69. The van der Waals surface area contributed by atoms with Crippen LogP contribution in [0, 0.1) is 0 Å². The van der Waals surface area contributed by atoms with Crippen LogP contribution in [0.2, 0.25) is 0 Å². The van der Waals surface area contributed by atoms with Crippen LogP contribution < -0.4 is 14.8 Å². The lowest BCUT2D eigenvalue weighted by Crippen LogP contribution is -2.47. The van der Waals surface area contributed by atoms with Crippen LogP contribution in [0.4, 0.5) is 4.79 Å². The van der Waals surface area contributed by atoms with E-state index in [1.165, 1.54) is 32.2 Å². The van der Waals surface area contributed by atoms with E-state index >= 15 is 0 Å². The molecule has 0 radical (unpaired) electrons. The van der Waals surface area contributed by atoms with Crippen molar-refractivity contribution in [3.05, 3.63) is 24.3 Å². The number of amides is 2. The van der Waals surface area contributed by atoms with Crippen LogP contribution in [0.3, 0.4) is 0 Å². The van der Waals surface area contributed by atoms with Crippen molar-refractivity contribution in [2.24, 2.45) is 0 Å². The summed E-state index contributed by atoms with van der Waals surface area (Å²) in [4.78, 5) is 23.5. The van der Waals surface area contributed by atoms with Gasteiger partial charge in [0.1, 0.15) is 17.4 Å². The van der Waals surface area contributed by atoms with Gasteiger partial charge in [-0.15, -0.1) is 0 Å². The Kier molecular flexibility index (Phi) is 6.19. The van der Waals surface area contributed by atoms with Gasteiger partial charge in [0.05, 0.1) is 12.0 Å². The third-order valence-electron chi connectivity index (χ3n) is 2.71. The highest BCUT2D eigenvalue weighted by Gasteiger charge is 2.25. The zero-order valence-electron chi connectivity index (χ0n) is 14.2. The fourth-order valence-electron chi connectivity index (χ4n) is 1.60. The minimum atomic E-state index is -4.08. The van der Waals surface area contributed by atoms with Crippen molar-refractivity contribution in [1.82, 2.24) is 10.0 Å². The molecule has 1 atom stereocenters. The number of carbonyl (C=O) groups excluding carboxylic acids is 2. The van der Waals surface area contributed by atoms with Crippen molar-refractivity contribution in [1.29, 1.82) is 0 Å².